The standard InChI is InChI=1S/C25H27N5O3S/c1-17-4-3-5-21(14-17)30-15-22(18-6-8-20(9-7-18)29-34(2,31)32)23-24(26-16-27-25(23)30)28-19-10-12-33-13-11-19/h3-9,14-16,19,29H,10-13H2,1-2H3,(H,26,27,28). The van der Waals surface area contributed by atoms with E-state index in [1.807, 2.05) is 18.2 Å². The number of ether oxygens (including phenoxy) is 1. The first kappa shape index (κ1) is 22.4. The average molecular weight is 478 g/mol. The third-order valence-corrected chi connectivity index (χ3v) is 6.53. The minimum absolute atomic E-state index is 0.281. The van der Waals surface area contributed by atoms with Crippen molar-refractivity contribution in [3.05, 3.63) is 66.6 Å². The summed E-state index contributed by atoms with van der Waals surface area (Å²) in [6, 6.07) is 15.9. The van der Waals surface area contributed by atoms with Crippen LogP contribution in [-0.4, -0.2) is 48.5 Å². The first-order valence-electron chi connectivity index (χ1n) is 11.2. The molecule has 0 bridgehead atoms. The Labute approximate surface area is 199 Å². The fourth-order valence-corrected chi connectivity index (χ4v) is 4.90. The lowest BCUT2D eigenvalue weighted by molar-refractivity contribution is 0.0904. The van der Waals surface area contributed by atoms with Crippen LogP contribution in [0.15, 0.2) is 61.1 Å². The summed E-state index contributed by atoms with van der Waals surface area (Å²) in [5.74, 6) is 0.789. The predicted octanol–water partition coefficient (Wildman–Crippen LogP) is 4.36. The molecule has 34 heavy (non-hydrogen) atoms. The number of anilines is 2. The molecule has 4 aromatic rings. The van der Waals surface area contributed by atoms with Crippen LogP contribution in [0.2, 0.25) is 0 Å². The van der Waals surface area contributed by atoms with Gasteiger partial charge >= 0.3 is 0 Å². The number of nitrogens with zero attached hydrogens (tertiary/aromatic N) is 3. The van der Waals surface area contributed by atoms with Gasteiger partial charge in [0.15, 0.2) is 5.65 Å². The summed E-state index contributed by atoms with van der Waals surface area (Å²) < 4.78 is 33.3. The number of nitrogens with one attached hydrogen (secondary N) is 2. The van der Waals surface area contributed by atoms with Crippen molar-refractivity contribution in [2.45, 2.75) is 25.8 Å². The topological polar surface area (TPSA) is 98.1 Å². The van der Waals surface area contributed by atoms with Gasteiger partial charge in [-0.1, -0.05) is 24.3 Å². The zero-order valence-electron chi connectivity index (χ0n) is 19.2. The molecule has 3 heterocycles. The van der Waals surface area contributed by atoms with Crippen LogP contribution in [-0.2, 0) is 14.8 Å². The van der Waals surface area contributed by atoms with Gasteiger partial charge in [0.05, 0.1) is 11.6 Å². The maximum atomic E-state index is 11.6. The molecule has 1 saturated heterocycles. The molecule has 1 aliphatic rings. The number of rotatable bonds is 6. The first-order chi connectivity index (χ1) is 16.4. The Hall–Kier alpha value is -3.43. The molecule has 0 amide bonds. The molecule has 0 saturated carbocycles. The number of hydrogen-bond donors (Lipinski definition) is 2. The molecule has 8 nitrogen and oxygen atoms in total. The maximum absolute atomic E-state index is 11.6. The molecule has 176 valence electrons. The van der Waals surface area contributed by atoms with Crippen molar-refractivity contribution < 1.29 is 13.2 Å². The van der Waals surface area contributed by atoms with Crippen LogP contribution in [0.25, 0.3) is 27.8 Å². The van der Waals surface area contributed by atoms with Gasteiger partial charge in [-0.2, -0.15) is 0 Å². The predicted molar refractivity (Wildman–Crippen MR) is 135 cm³/mol. The SMILES string of the molecule is Cc1cccc(-n2cc(-c3ccc(NS(C)(=O)=O)cc3)c3c(NC4CCOCC4)ncnc32)c1. The smallest absolute Gasteiger partial charge is 0.229 e. The summed E-state index contributed by atoms with van der Waals surface area (Å²) in [5.41, 5.74) is 5.42. The van der Waals surface area contributed by atoms with Crippen molar-refractivity contribution in [1.29, 1.82) is 0 Å². The van der Waals surface area contributed by atoms with E-state index in [2.05, 4.69) is 55.9 Å². The monoisotopic (exact) mass is 477 g/mol. The maximum Gasteiger partial charge on any atom is 0.229 e. The van der Waals surface area contributed by atoms with Gasteiger partial charge in [-0.15, -0.1) is 0 Å². The van der Waals surface area contributed by atoms with E-state index >= 15 is 0 Å². The van der Waals surface area contributed by atoms with Gasteiger partial charge in [-0.3, -0.25) is 4.72 Å². The summed E-state index contributed by atoms with van der Waals surface area (Å²) in [7, 11) is -3.34. The van der Waals surface area contributed by atoms with Crippen molar-refractivity contribution in [1.82, 2.24) is 14.5 Å². The van der Waals surface area contributed by atoms with Crippen molar-refractivity contribution in [3.63, 3.8) is 0 Å². The van der Waals surface area contributed by atoms with Crippen molar-refractivity contribution in [2.75, 3.05) is 29.5 Å². The first-order valence-corrected chi connectivity index (χ1v) is 13.1. The summed E-state index contributed by atoms with van der Waals surface area (Å²) in [6.07, 6.45) is 6.65. The number of sulfonamides is 1. The van der Waals surface area contributed by atoms with Crippen LogP contribution in [0.1, 0.15) is 18.4 Å². The number of benzene rings is 2. The number of aryl methyl sites for hydroxylation is 1. The molecule has 0 atom stereocenters. The lowest BCUT2D eigenvalue weighted by atomic mass is 10.0. The van der Waals surface area contributed by atoms with Crippen molar-refractivity contribution in [2.24, 2.45) is 0 Å². The third kappa shape index (κ3) is 4.76. The van der Waals surface area contributed by atoms with Gasteiger partial charge < -0.3 is 14.6 Å². The fraction of sp³-hybridized carbons (Fsp3) is 0.280. The normalized spacial score (nSPS) is 14.9. The van der Waals surface area contributed by atoms with Crippen LogP contribution < -0.4 is 10.0 Å². The van der Waals surface area contributed by atoms with E-state index in [9.17, 15) is 8.42 Å². The van der Waals surface area contributed by atoms with E-state index in [1.54, 1.807) is 18.5 Å². The van der Waals surface area contributed by atoms with Gasteiger partial charge in [0, 0.05) is 42.4 Å². The van der Waals surface area contributed by atoms with E-state index < -0.39 is 10.0 Å². The zero-order valence-corrected chi connectivity index (χ0v) is 20.0. The average Bonchev–Trinajstić information content (AvgIpc) is 3.20. The van der Waals surface area contributed by atoms with E-state index in [0.717, 1.165) is 71.5 Å². The second kappa shape index (κ2) is 9.08. The van der Waals surface area contributed by atoms with E-state index in [0.29, 0.717) is 5.69 Å². The van der Waals surface area contributed by atoms with Crippen LogP contribution >= 0.6 is 0 Å². The molecule has 2 aromatic carbocycles. The highest BCUT2D eigenvalue weighted by atomic mass is 32.2. The Balaban J connectivity index is 1.64. The van der Waals surface area contributed by atoms with E-state index in [1.165, 1.54) is 0 Å². The quantitative estimate of drug-likeness (QED) is 0.428. The molecule has 1 aliphatic heterocycles. The molecular weight excluding hydrogens is 450 g/mol. The zero-order chi connectivity index (χ0) is 23.7. The minimum Gasteiger partial charge on any atom is -0.381 e. The molecule has 2 aromatic heterocycles. The number of fused-ring (bicyclic) bond motifs is 1. The van der Waals surface area contributed by atoms with Gasteiger partial charge in [0.1, 0.15) is 12.1 Å². The van der Waals surface area contributed by atoms with Crippen molar-refractivity contribution >= 4 is 32.6 Å². The van der Waals surface area contributed by atoms with Crippen LogP contribution in [0.5, 0.6) is 0 Å². The Morgan fingerprint density at radius 2 is 1.82 bits per heavy atom. The summed E-state index contributed by atoms with van der Waals surface area (Å²) in [5, 5.41) is 4.55. The molecule has 0 aliphatic carbocycles. The van der Waals surface area contributed by atoms with Crippen LogP contribution in [0.3, 0.4) is 0 Å². The number of hydrogen-bond acceptors (Lipinski definition) is 6. The second-order valence-corrected chi connectivity index (χ2v) is 10.4. The molecule has 0 spiro atoms. The highest BCUT2D eigenvalue weighted by Gasteiger charge is 2.21. The molecule has 0 unspecified atom stereocenters. The molecule has 2 N–H and O–H groups in total. The van der Waals surface area contributed by atoms with Gasteiger partial charge in [0.25, 0.3) is 0 Å². The Kier molecular flexibility index (Phi) is 5.97. The van der Waals surface area contributed by atoms with Crippen LogP contribution in [0.4, 0.5) is 11.5 Å². The summed E-state index contributed by atoms with van der Waals surface area (Å²) in [4.78, 5) is 9.26. The Bertz CT molecular complexity index is 1420. The van der Waals surface area contributed by atoms with E-state index in [-0.39, 0.29) is 6.04 Å². The lowest BCUT2D eigenvalue weighted by Crippen LogP contribution is -2.28. The molecule has 0 radical (unpaired) electrons. The summed E-state index contributed by atoms with van der Waals surface area (Å²) in [6.45, 7) is 3.53. The highest BCUT2D eigenvalue weighted by molar-refractivity contribution is 7.92. The molecule has 5 rings (SSSR count). The minimum atomic E-state index is -3.34. The highest BCUT2D eigenvalue weighted by Crippen LogP contribution is 2.36. The summed E-state index contributed by atoms with van der Waals surface area (Å²) >= 11 is 0. The molecule has 9 heteroatoms. The third-order valence-electron chi connectivity index (χ3n) is 5.92. The molecule has 1 fully saturated rings. The Morgan fingerprint density at radius 3 is 2.53 bits per heavy atom. The fourth-order valence-electron chi connectivity index (χ4n) is 4.33. The second-order valence-electron chi connectivity index (χ2n) is 8.66. The number of aromatic nitrogens is 3. The lowest BCUT2D eigenvalue weighted by Gasteiger charge is -2.24. The molecular formula is C25H27N5O3S. The van der Waals surface area contributed by atoms with Gasteiger partial charge in [0.2, 0.25) is 10.0 Å². The van der Waals surface area contributed by atoms with Crippen LogP contribution in [0, 0.1) is 6.92 Å². The van der Waals surface area contributed by atoms with Gasteiger partial charge in [-0.05, 0) is 55.2 Å². The Morgan fingerprint density at radius 1 is 1.06 bits per heavy atom. The van der Waals surface area contributed by atoms with Gasteiger partial charge in [-0.25, -0.2) is 18.4 Å². The van der Waals surface area contributed by atoms with Crippen molar-refractivity contribution in [3.8, 4) is 16.8 Å². The largest absolute Gasteiger partial charge is 0.381 e. The van der Waals surface area contributed by atoms with E-state index in [4.69, 9.17) is 4.74 Å².